The Morgan fingerprint density at radius 1 is 1.28 bits per heavy atom. The molecule has 1 aliphatic rings. The molecule has 1 heterocycles. The summed E-state index contributed by atoms with van der Waals surface area (Å²) < 4.78 is 5.22. The van der Waals surface area contributed by atoms with Crippen molar-refractivity contribution < 1.29 is 14.3 Å². The van der Waals surface area contributed by atoms with Crippen LogP contribution in [0.2, 0.25) is 0 Å². The molecule has 25 heavy (non-hydrogen) atoms. The number of rotatable bonds is 5. The molecule has 1 saturated heterocycles. The standard InChI is InChI=1S/C20H30N2O3/c1-20(2,3)21-19(24)17-10-5-6-13-22(17)18(23)12-11-15-8-7-9-16(14-15)25-4/h7-9,14,17H,5-6,10-13H2,1-4H3,(H,21,24)/t17-/m1/s1. The Balaban J connectivity index is 1.98. The monoisotopic (exact) mass is 346 g/mol. The fourth-order valence-corrected chi connectivity index (χ4v) is 3.18. The van der Waals surface area contributed by atoms with Gasteiger partial charge in [-0.2, -0.15) is 0 Å². The maximum Gasteiger partial charge on any atom is 0.243 e. The first-order valence-electron chi connectivity index (χ1n) is 9.04. The summed E-state index contributed by atoms with van der Waals surface area (Å²) >= 11 is 0. The first-order chi connectivity index (χ1) is 11.8. The van der Waals surface area contributed by atoms with Gasteiger partial charge in [0, 0.05) is 18.5 Å². The lowest BCUT2D eigenvalue weighted by atomic mass is 9.98. The molecule has 1 aromatic carbocycles. The van der Waals surface area contributed by atoms with E-state index in [4.69, 9.17) is 4.74 Å². The molecule has 0 saturated carbocycles. The lowest BCUT2D eigenvalue weighted by Gasteiger charge is -2.36. The number of benzene rings is 1. The van der Waals surface area contributed by atoms with Crippen molar-refractivity contribution in [2.45, 2.75) is 64.5 Å². The Morgan fingerprint density at radius 2 is 2.04 bits per heavy atom. The largest absolute Gasteiger partial charge is 0.497 e. The second-order valence-corrected chi connectivity index (χ2v) is 7.69. The maximum atomic E-state index is 12.7. The van der Waals surface area contributed by atoms with Crippen LogP contribution in [0, 0.1) is 0 Å². The van der Waals surface area contributed by atoms with E-state index in [1.54, 1.807) is 12.0 Å². The smallest absolute Gasteiger partial charge is 0.243 e. The van der Waals surface area contributed by atoms with Crippen molar-refractivity contribution in [3.63, 3.8) is 0 Å². The molecule has 0 spiro atoms. The normalized spacial score (nSPS) is 17.9. The summed E-state index contributed by atoms with van der Waals surface area (Å²) in [5.74, 6) is 0.809. The number of piperidine rings is 1. The molecule has 0 bridgehead atoms. The van der Waals surface area contributed by atoms with Crippen LogP contribution in [0.4, 0.5) is 0 Å². The Bertz CT molecular complexity index is 607. The number of hydrogen-bond donors (Lipinski definition) is 1. The second-order valence-electron chi connectivity index (χ2n) is 7.69. The van der Waals surface area contributed by atoms with Crippen LogP contribution in [-0.4, -0.2) is 41.9 Å². The van der Waals surface area contributed by atoms with E-state index in [0.29, 0.717) is 19.4 Å². The SMILES string of the molecule is COc1cccc(CCC(=O)N2CCCC[C@@H]2C(=O)NC(C)(C)C)c1. The van der Waals surface area contributed by atoms with Crippen LogP contribution in [0.25, 0.3) is 0 Å². The summed E-state index contributed by atoms with van der Waals surface area (Å²) in [6, 6.07) is 7.43. The van der Waals surface area contributed by atoms with Crippen molar-refractivity contribution in [2.75, 3.05) is 13.7 Å². The van der Waals surface area contributed by atoms with Crippen molar-refractivity contribution in [3.8, 4) is 5.75 Å². The summed E-state index contributed by atoms with van der Waals surface area (Å²) in [6.45, 7) is 6.55. The van der Waals surface area contributed by atoms with Crippen molar-refractivity contribution >= 4 is 11.8 Å². The molecular formula is C20H30N2O3. The molecule has 2 amide bonds. The van der Waals surface area contributed by atoms with Crippen molar-refractivity contribution in [3.05, 3.63) is 29.8 Å². The Morgan fingerprint density at radius 3 is 2.72 bits per heavy atom. The van der Waals surface area contributed by atoms with Crippen LogP contribution in [0.3, 0.4) is 0 Å². The zero-order valence-electron chi connectivity index (χ0n) is 15.8. The van der Waals surface area contributed by atoms with Crippen LogP contribution in [0.15, 0.2) is 24.3 Å². The Kier molecular flexibility index (Phi) is 6.45. The van der Waals surface area contributed by atoms with Gasteiger partial charge in [-0.05, 0) is 64.2 Å². The number of carbonyl (C=O) groups is 2. The number of carbonyl (C=O) groups excluding carboxylic acids is 2. The minimum absolute atomic E-state index is 0.0399. The van der Waals surface area contributed by atoms with Crippen molar-refractivity contribution in [2.24, 2.45) is 0 Å². The summed E-state index contributed by atoms with van der Waals surface area (Å²) in [4.78, 5) is 27.1. The van der Waals surface area contributed by atoms with Gasteiger partial charge in [-0.3, -0.25) is 9.59 Å². The average Bonchev–Trinajstić information content (AvgIpc) is 2.58. The molecule has 1 N–H and O–H groups in total. The van der Waals surface area contributed by atoms with Gasteiger partial charge in [0.15, 0.2) is 0 Å². The molecule has 1 fully saturated rings. The lowest BCUT2D eigenvalue weighted by molar-refractivity contribution is -0.142. The highest BCUT2D eigenvalue weighted by atomic mass is 16.5. The van der Waals surface area contributed by atoms with E-state index >= 15 is 0 Å². The third kappa shape index (κ3) is 5.76. The first kappa shape index (κ1) is 19.3. The van der Waals surface area contributed by atoms with Gasteiger partial charge in [-0.15, -0.1) is 0 Å². The van der Waals surface area contributed by atoms with Gasteiger partial charge < -0.3 is 15.0 Å². The minimum Gasteiger partial charge on any atom is -0.497 e. The van der Waals surface area contributed by atoms with Crippen LogP contribution >= 0.6 is 0 Å². The number of amides is 2. The number of ether oxygens (including phenoxy) is 1. The predicted octanol–water partition coefficient (Wildman–Crippen LogP) is 2.92. The van der Waals surface area contributed by atoms with Gasteiger partial charge >= 0.3 is 0 Å². The van der Waals surface area contributed by atoms with Crippen molar-refractivity contribution in [1.82, 2.24) is 10.2 Å². The highest BCUT2D eigenvalue weighted by Gasteiger charge is 2.33. The molecular weight excluding hydrogens is 316 g/mol. The third-order valence-corrected chi connectivity index (χ3v) is 4.39. The van der Waals surface area contributed by atoms with E-state index in [1.165, 1.54) is 0 Å². The number of nitrogens with zero attached hydrogens (tertiary/aromatic N) is 1. The highest BCUT2D eigenvalue weighted by Crippen LogP contribution is 2.20. The van der Waals surface area contributed by atoms with Gasteiger partial charge in [0.1, 0.15) is 11.8 Å². The maximum absolute atomic E-state index is 12.7. The van der Waals surface area contributed by atoms with E-state index < -0.39 is 0 Å². The molecule has 0 aliphatic carbocycles. The number of methoxy groups -OCH3 is 1. The molecule has 138 valence electrons. The zero-order valence-corrected chi connectivity index (χ0v) is 15.8. The van der Waals surface area contributed by atoms with E-state index in [-0.39, 0.29) is 23.4 Å². The van der Waals surface area contributed by atoms with Crippen LogP contribution in [-0.2, 0) is 16.0 Å². The van der Waals surface area contributed by atoms with E-state index in [9.17, 15) is 9.59 Å². The van der Waals surface area contributed by atoms with E-state index in [2.05, 4.69) is 5.32 Å². The lowest BCUT2D eigenvalue weighted by Crippen LogP contribution is -2.55. The first-order valence-corrected chi connectivity index (χ1v) is 9.04. The fraction of sp³-hybridized carbons (Fsp3) is 0.600. The minimum atomic E-state index is -0.342. The van der Waals surface area contributed by atoms with Crippen LogP contribution in [0.5, 0.6) is 5.75 Å². The number of nitrogens with one attached hydrogen (secondary N) is 1. The molecule has 0 aromatic heterocycles. The van der Waals surface area contributed by atoms with Gasteiger partial charge in [0.2, 0.25) is 11.8 Å². The molecule has 2 rings (SSSR count). The summed E-state index contributed by atoms with van der Waals surface area (Å²) in [6.07, 6.45) is 3.76. The van der Waals surface area contributed by atoms with Gasteiger partial charge in [-0.1, -0.05) is 12.1 Å². The average molecular weight is 346 g/mol. The predicted molar refractivity (Wildman–Crippen MR) is 98.6 cm³/mol. The van der Waals surface area contributed by atoms with Gasteiger partial charge in [-0.25, -0.2) is 0 Å². The van der Waals surface area contributed by atoms with Gasteiger partial charge in [0.25, 0.3) is 0 Å². The molecule has 5 heteroatoms. The van der Waals surface area contributed by atoms with Crippen LogP contribution < -0.4 is 10.1 Å². The summed E-state index contributed by atoms with van der Waals surface area (Å²) in [5.41, 5.74) is 0.782. The van der Waals surface area contributed by atoms with E-state index in [0.717, 1.165) is 30.6 Å². The third-order valence-electron chi connectivity index (χ3n) is 4.39. The second kappa shape index (κ2) is 8.37. The summed E-state index contributed by atoms with van der Waals surface area (Å²) in [7, 11) is 1.64. The quantitative estimate of drug-likeness (QED) is 0.892. The topological polar surface area (TPSA) is 58.6 Å². The van der Waals surface area contributed by atoms with E-state index in [1.807, 2.05) is 45.0 Å². The number of hydrogen-bond acceptors (Lipinski definition) is 3. The molecule has 0 radical (unpaired) electrons. The zero-order chi connectivity index (χ0) is 18.4. The molecule has 1 atom stereocenters. The molecule has 0 unspecified atom stereocenters. The number of aryl methyl sites for hydroxylation is 1. The Hall–Kier alpha value is -2.04. The molecule has 5 nitrogen and oxygen atoms in total. The Labute approximate surface area is 150 Å². The number of likely N-dealkylation sites (tertiary alicyclic amines) is 1. The fourth-order valence-electron chi connectivity index (χ4n) is 3.18. The molecule has 1 aliphatic heterocycles. The molecule has 1 aromatic rings. The van der Waals surface area contributed by atoms with Crippen LogP contribution in [0.1, 0.15) is 52.0 Å². The van der Waals surface area contributed by atoms with Gasteiger partial charge in [0.05, 0.1) is 7.11 Å². The van der Waals surface area contributed by atoms with Crippen molar-refractivity contribution in [1.29, 1.82) is 0 Å². The highest BCUT2D eigenvalue weighted by molar-refractivity contribution is 5.88. The summed E-state index contributed by atoms with van der Waals surface area (Å²) in [5, 5.41) is 3.01.